The van der Waals surface area contributed by atoms with E-state index in [9.17, 15) is 14.5 Å². The molecule has 1 aromatic heterocycles. The molecule has 0 aromatic carbocycles. The highest BCUT2D eigenvalue weighted by atomic mass is 19.1. The van der Waals surface area contributed by atoms with Crippen molar-refractivity contribution in [1.82, 2.24) is 4.98 Å². The molecule has 0 fully saturated rings. The largest absolute Gasteiger partial charge is 0.259 e. The third-order valence-corrected chi connectivity index (χ3v) is 1.14. The van der Waals surface area contributed by atoms with Gasteiger partial charge in [0.1, 0.15) is 11.5 Å². The van der Waals surface area contributed by atoms with Crippen LogP contribution < -0.4 is 0 Å². The fourth-order valence-corrected chi connectivity index (χ4v) is 0.652. The minimum atomic E-state index is -0.672. The maximum atomic E-state index is 12.7. The van der Waals surface area contributed by atoms with Gasteiger partial charge < -0.3 is 0 Å². The molecular weight excluding hydrogens is 163 g/mol. The van der Waals surface area contributed by atoms with Crippen LogP contribution in [0.1, 0.15) is 5.69 Å². The van der Waals surface area contributed by atoms with Crippen LogP contribution in [0.4, 0.5) is 4.39 Å². The van der Waals surface area contributed by atoms with Gasteiger partial charge in [-0.2, -0.15) is 0 Å². The van der Waals surface area contributed by atoms with Crippen LogP contribution in [-0.2, 0) is 0 Å². The second-order valence-electron chi connectivity index (χ2n) is 1.97. The van der Waals surface area contributed by atoms with Crippen molar-refractivity contribution in [2.75, 3.05) is 0 Å². The molecule has 5 heteroatoms. The standard InChI is InChI=1S/C7H5FN2O2/c8-6-2-1-4-9-7(6)3-5-10(11)12/h1-5H/b5-3+. The lowest BCUT2D eigenvalue weighted by Gasteiger charge is -1.90. The van der Waals surface area contributed by atoms with E-state index in [0.717, 1.165) is 6.08 Å². The number of pyridine rings is 1. The molecule has 0 atom stereocenters. The number of hydrogen-bond donors (Lipinski definition) is 0. The van der Waals surface area contributed by atoms with Crippen molar-refractivity contribution in [3.63, 3.8) is 0 Å². The number of halogens is 1. The molecule has 0 spiro atoms. The summed E-state index contributed by atoms with van der Waals surface area (Å²) in [6, 6.07) is 2.60. The lowest BCUT2D eigenvalue weighted by atomic mass is 10.3. The molecule has 1 heterocycles. The van der Waals surface area contributed by atoms with E-state index in [4.69, 9.17) is 0 Å². The highest BCUT2D eigenvalue weighted by Gasteiger charge is 1.98. The van der Waals surface area contributed by atoms with Gasteiger partial charge >= 0.3 is 0 Å². The van der Waals surface area contributed by atoms with Crippen LogP contribution in [0.25, 0.3) is 6.08 Å². The Bertz CT molecular complexity index is 325. The van der Waals surface area contributed by atoms with Gasteiger partial charge in [0.2, 0.25) is 6.20 Å². The van der Waals surface area contributed by atoms with Gasteiger partial charge in [-0.05, 0) is 12.1 Å². The first-order chi connectivity index (χ1) is 5.70. The van der Waals surface area contributed by atoms with Gasteiger partial charge in [-0.15, -0.1) is 0 Å². The van der Waals surface area contributed by atoms with Crippen LogP contribution >= 0.6 is 0 Å². The van der Waals surface area contributed by atoms with E-state index in [1.165, 1.54) is 18.3 Å². The van der Waals surface area contributed by atoms with Gasteiger partial charge in [0.15, 0.2) is 0 Å². The molecular formula is C7H5FN2O2. The van der Waals surface area contributed by atoms with Gasteiger partial charge in [-0.25, -0.2) is 4.39 Å². The fourth-order valence-electron chi connectivity index (χ4n) is 0.652. The Balaban J connectivity index is 2.89. The molecule has 1 rings (SSSR count). The average molecular weight is 168 g/mol. The Morgan fingerprint density at radius 1 is 1.67 bits per heavy atom. The second-order valence-corrected chi connectivity index (χ2v) is 1.97. The molecule has 1 aromatic rings. The number of rotatable bonds is 2. The SMILES string of the molecule is O=[N+]([O-])/C=C/c1ncccc1F. The summed E-state index contributed by atoms with van der Waals surface area (Å²) >= 11 is 0. The summed E-state index contributed by atoms with van der Waals surface area (Å²) < 4.78 is 12.7. The van der Waals surface area contributed by atoms with Crippen LogP contribution in [-0.4, -0.2) is 9.91 Å². The Kier molecular flexibility index (Phi) is 2.47. The lowest BCUT2D eigenvalue weighted by molar-refractivity contribution is -0.401. The molecule has 62 valence electrons. The minimum Gasteiger partial charge on any atom is -0.259 e. The summed E-state index contributed by atoms with van der Waals surface area (Å²) in [7, 11) is 0. The summed E-state index contributed by atoms with van der Waals surface area (Å²) in [5.74, 6) is -0.574. The van der Waals surface area contributed by atoms with E-state index >= 15 is 0 Å². The first-order valence-corrected chi connectivity index (χ1v) is 3.12. The second kappa shape index (κ2) is 3.56. The van der Waals surface area contributed by atoms with Crippen LogP contribution in [0, 0.1) is 15.9 Å². The van der Waals surface area contributed by atoms with E-state index in [0.29, 0.717) is 6.20 Å². The minimum absolute atomic E-state index is 0.0331. The molecule has 12 heavy (non-hydrogen) atoms. The fraction of sp³-hybridized carbons (Fsp3) is 0. The smallest absolute Gasteiger partial charge is 0.236 e. The van der Waals surface area contributed by atoms with Gasteiger partial charge in [0.25, 0.3) is 0 Å². The van der Waals surface area contributed by atoms with Crippen LogP contribution in [0.2, 0.25) is 0 Å². The first kappa shape index (κ1) is 8.32. The maximum absolute atomic E-state index is 12.7. The average Bonchev–Trinajstić information content (AvgIpc) is 2.03. The van der Waals surface area contributed by atoms with Gasteiger partial charge in [0.05, 0.1) is 4.92 Å². The molecule has 0 amide bonds. The number of nitrogens with zero attached hydrogens (tertiary/aromatic N) is 2. The Morgan fingerprint density at radius 3 is 3.00 bits per heavy atom. The molecule has 0 saturated heterocycles. The molecule has 0 radical (unpaired) electrons. The zero-order valence-corrected chi connectivity index (χ0v) is 5.98. The van der Waals surface area contributed by atoms with E-state index in [1.807, 2.05) is 0 Å². The topological polar surface area (TPSA) is 56.0 Å². The van der Waals surface area contributed by atoms with Crippen molar-refractivity contribution in [2.24, 2.45) is 0 Å². The number of hydrogen-bond acceptors (Lipinski definition) is 3. The molecule has 0 aliphatic heterocycles. The quantitative estimate of drug-likeness (QED) is 0.496. The van der Waals surface area contributed by atoms with Gasteiger partial charge in [-0.1, -0.05) is 0 Å². The Morgan fingerprint density at radius 2 is 2.42 bits per heavy atom. The normalized spacial score (nSPS) is 10.4. The molecule has 0 aliphatic carbocycles. The summed E-state index contributed by atoms with van der Waals surface area (Å²) in [5, 5.41) is 9.85. The van der Waals surface area contributed by atoms with Crippen molar-refractivity contribution in [2.45, 2.75) is 0 Å². The predicted octanol–water partition coefficient (Wildman–Crippen LogP) is 1.47. The summed E-state index contributed by atoms with van der Waals surface area (Å²) in [5.41, 5.74) is -0.0331. The van der Waals surface area contributed by atoms with Crippen molar-refractivity contribution < 1.29 is 9.31 Å². The third-order valence-electron chi connectivity index (χ3n) is 1.14. The van der Waals surface area contributed by atoms with E-state index < -0.39 is 10.7 Å². The zero-order valence-electron chi connectivity index (χ0n) is 5.98. The summed E-state index contributed by atoms with van der Waals surface area (Å²) in [4.78, 5) is 12.8. The highest BCUT2D eigenvalue weighted by molar-refractivity contribution is 5.43. The zero-order chi connectivity index (χ0) is 8.97. The van der Waals surface area contributed by atoms with Crippen molar-refractivity contribution in [1.29, 1.82) is 0 Å². The van der Waals surface area contributed by atoms with Crippen molar-refractivity contribution in [3.05, 3.63) is 46.2 Å². The van der Waals surface area contributed by atoms with Crippen molar-refractivity contribution in [3.8, 4) is 0 Å². The predicted molar refractivity (Wildman–Crippen MR) is 40.2 cm³/mol. The summed E-state index contributed by atoms with van der Waals surface area (Å²) in [6.07, 6.45) is 3.02. The maximum Gasteiger partial charge on any atom is 0.236 e. The molecule has 0 aliphatic rings. The Labute approximate surface area is 67.5 Å². The number of aromatic nitrogens is 1. The monoisotopic (exact) mass is 168 g/mol. The molecule has 0 unspecified atom stereocenters. The molecule has 4 nitrogen and oxygen atoms in total. The van der Waals surface area contributed by atoms with Crippen LogP contribution in [0.3, 0.4) is 0 Å². The molecule has 0 N–H and O–H groups in total. The number of nitro groups is 1. The highest BCUT2D eigenvalue weighted by Crippen LogP contribution is 2.03. The van der Waals surface area contributed by atoms with Gasteiger partial charge in [-0.3, -0.25) is 15.1 Å². The third kappa shape index (κ3) is 2.12. The Hall–Kier alpha value is -1.78. The first-order valence-electron chi connectivity index (χ1n) is 3.12. The van der Waals surface area contributed by atoms with E-state index in [-0.39, 0.29) is 5.69 Å². The van der Waals surface area contributed by atoms with E-state index in [1.54, 1.807) is 0 Å². The van der Waals surface area contributed by atoms with Crippen molar-refractivity contribution >= 4 is 6.08 Å². The van der Waals surface area contributed by atoms with Crippen LogP contribution in [0.5, 0.6) is 0 Å². The lowest BCUT2D eigenvalue weighted by Crippen LogP contribution is -1.88. The van der Waals surface area contributed by atoms with Gasteiger partial charge in [0, 0.05) is 12.3 Å². The van der Waals surface area contributed by atoms with Crippen LogP contribution in [0.15, 0.2) is 24.5 Å². The molecule has 0 saturated carbocycles. The molecule has 0 bridgehead atoms. The van der Waals surface area contributed by atoms with E-state index in [2.05, 4.69) is 4.98 Å². The summed E-state index contributed by atoms with van der Waals surface area (Å²) in [6.45, 7) is 0.